The molecule has 4 heteroatoms. The second kappa shape index (κ2) is 6.90. The number of amides is 1. The first-order valence-corrected chi connectivity index (χ1v) is 7.79. The zero-order valence-corrected chi connectivity index (χ0v) is 13.2. The molecule has 1 atom stereocenters. The van der Waals surface area contributed by atoms with E-state index in [1.807, 2.05) is 25.1 Å². The highest BCUT2D eigenvalue weighted by molar-refractivity contribution is 6.35. The van der Waals surface area contributed by atoms with Gasteiger partial charge in [-0.25, -0.2) is 0 Å². The average molecular weight is 306 g/mol. The Kier molecular flexibility index (Phi) is 5.18. The van der Waals surface area contributed by atoms with E-state index in [2.05, 4.69) is 12.2 Å². The summed E-state index contributed by atoms with van der Waals surface area (Å²) in [6.45, 7) is 4.52. The van der Waals surface area contributed by atoms with E-state index >= 15 is 0 Å². The molecular formula is C17H20ClNO2. The topological polar surface area (TPSA) is 46.2 Å². The number of fused-ring (bicyclic) bond motifs is 1. The lowest BCUT2D eigenvalue weighted by molar-refractivity contribution is -0.117. The van der Waals surface area contributed by atoms with Gasteiger partial charge in [-0.3, -0.25) is 9.59 Å². The third-order valence-corrected chi connectivity index (χ3v) is 3.71. The number of nitrogens with one attached hydrogen (secondary N) is 1. The fraction of sp³-hybridized carbons (Fsp3) is 0.412. The molecule has 0 spiro atoms. The van der Waals surface area contributed by atoms with Crippen LogP contribution in [0.25, 0.3) is 5.57 Å². The van der Waals surface area contributed by atoms with Gasteiger partial charge in [-0.05, 0) is 30.9 Å². The number of carbonyl (C=O) groups excluding carboxylic acids is 2. The first-order chi connectivity index (χ1) is 10.1. The molecule has 0 radical (unpaired) electrons. The van der Waals surface area contributed by atoms with Gasteiger partial charge in [0.15, 0.2) is 5.78 Å². The minimum Gasteiger partial charge on any atom is -0.352 e. The van der Waals surface area contributed by atoms with Crippen LogP contribution in [0.3, 0.4) is 0 Å². The Labute approximate surface area is 130 Å². The fourth-order valence-electron chi connectivity index (χ4n) is 2.55. The molecule has 21 heavy (non-hydrogen) atoms. The van der Waals surface area contributed by atoms with Gasteiger partial charge >= 0.3 is 0 Å². The van der Waals surface area contributed by atoms with Crippen LogP contribution in [0, 0.1) is 0 Å². The zero-order valence-electron chi connectivity index (χ0n) is 12.4. The van der Waals surface area contributed by atoms with Crippen molar-refractivity contribution < 1.29 is 9.59 Å². The Hall–Kier alpha value is -1.61. The van der Waals surface area contributed by atoms with Crippen molar-refractivity contribution in [3.63, 3.8) is 0 Å². The molecule has 1 aromatic rings. The molecule has 112 valence electrons. The smallest absolute Gasteiger partial charge is 0.255 e. The van der Waals surface area contributed by atoms with Gasteiger partial charge in [-0.2, -0.15) is 0 Å². The number of ketones is 1. The molecule has 0 saturated heterocycles. The number of rotatable bonds is 6. The van der Waals surface area contributed by atoms with Gasteiger partial charge in [0.05, 0.1) is 5.57 Å². The number of alkyl halides is 1. The van der Waals surface area contributed by atoms with E-state index in [0.29, 0.717) is 18.5 Å². The monoisotopic (exact) mass is 305 g/mol. The van der Waals surface area contributed by atoms with Gasteiger partial charge in [0, 0.05) is 17.5 Å². The van der Waals surface area contributed by atoms with Crippen molar-refractivity contribution in [2.75, 3.05) is 6.54 Å². The average Bonchev–Trinajstić information content (AvgIpc) is 2.72. The standard InChI is InChI=1S/C17H20ClNO2/c1-3-4-9-19-17(21)15-14(10-11(2)18)12-7-5-6-8-13(12)16(15)20/h5-8,11H,3-4,9-10H2,1-2H3,(H,19,21). The van der Waals surface area contributed by atoms with Crippen molar-refractivity contribution in [2.45, 2.75) is 38.5 Å². The minimum absolute atomic E-state index is 0.127. The fourth-order valence-corrected chi connectivity index (χ4v) is 2.71. The maximum absolute atomic E-state index is 12.5. The van der Waals surface area contributed by atoms with Crippen LogP contribution >= 0.6 is 11.6 Å². The summed E-state index contributed by atoms with van der Waals surface area (Å²) in [6.07, 6.45) is 2.42. The summed E-state index contributed by atoms with van der Waals surface area (Å²) >= 11 is 6.09. The maximum atomic E-state index is 12.5. The molecule has 0 saturated carbocycles. The summed E-state index contributed by atoms with van der Waals surface area (Å²) in [5.41, 5.74) is 2.48. The third kappa shape index (κ3) is 3.35. The molecule has 1 N–H and O–H groups in total. The molecule has 1 aliphatic rings. The van der Waals surface area contributed by atoms with Crippen molar-refractivity contribution >= 4 is 28.9 Å². The number of benzene rings is 1. The molecule has 3 nitrogen and oxygen atoms in total. The molecule has 0 bridgehead atoms. The Morgan fingerprint density at radius 2 is 1.95 bits per heavy atom. The highest BCUT2D eigenvalue weighted by Crippen LogP contribution is 2.36. The first kappa shape index (κ1) is 15.8. The van der Waals surface area contributed by atoms with Crippen LogP contribution in [0.15, 0.2) is 29.8 Å². The van der Waals surface area contributed by atoms with Crippen molar-refractivity contribution in [3.05, 3.63) is 41.0 Å². The number of carbonyl (C=O) groups is 2. The molecule has 0 fully saturated rings. The number of unbranched alkanes of at least 4 members (excludes halogenated alkanes) is 1. The number of hydrogen-bond donors (Lipinski definition) is 1. The summed E-state index contributed by atoms with van der Waals surface area (Å²) in [6, 6.07) is 7.34. The van der Waals surface area contributed by atoms with Gasteiger partial charge in [-0.1, -0.05) is 37.6 Å². The molecule has 1 aliphatic carbocycles. The van der Waals surface area contributed by atoms with E-state index in [4.69, 9.17) is 11.6 Å². The number of halogens is 1. The highest BCUT2D eigenvalue weighted by Gasteiger charge is 2.33. The van der Waals surface area contributed by atoms with Crippen LogP contribution in [0.1, 0.15) is 49.0 Å². The number of hydrogen-bond acceptors (Lipinski definition) is 2. The van der Waals surface area contributed by atoms with Crippen molar-refractivity contribution in [1.29, 1.82) is 0 Å². The summed E-state index contributed by atoms with van der Waals surface area (Å²) in [4.78, 5) is 24.9. The van der Waals surface area contributed by atoms with E-state index < -0.39 is 0 Å². The molecule has 1 aromatic carbocycles. The van der Waals surface area contributed by atoms with Crippen LogP contribution in [-0.4, -0.2) is 23.6 Å². The first-order valence-electron chi connectivity index (χ1n) is 7.35. The second-order valence-corrected chi connectivity index (χ2v) is 6.07. The van der Waals surface area contributed by atoms with E-state index in [-0.39, 0.29) is 22.6 Å². The highest BCUT2D eigenvalue weighted by atomic mass is 35.5. The lowest BCUT2D eigenvalue weighted by atomic mass is 10.0. The Bertz CT molecular complexity index is 590. The lowest BCUT2D eigenvalue weighted by Crippen LogP contribution is -2.28. The number of allylic oxidation sites excluding steroid dienone is 1. The maximum Gasteiger partial charge on any atom is 0.255 e. The normalized spacial score (nSPS) is 15.1. The summed E-state index contributed by atoms with van der Waals surface area (Å²) in [7, 11) is 0. The van der Waals surface area contributed by atoms with E-state index in [0.717, 1.165) is 24.0 Å². The van der Waals surface area contributed by atoms with Gasteiger partial charge in [0.1, 0.15) is 0 Å². The molecule has 1 amide bonds. The predicted octanol–water partition coefficient (Wildman–Crippen LogP) is 3.57. The second-order valence-electron chi connectivity index (χ2n) is 5.32. The van der Waals surface area contributed by atoms with E-state index in [9.17, 15) is 9.59 Å². The Balaban J connectivity index is 2.34. The third-order valence-electron chi connectivity index (χ3n) is 3.55. The number of Topliss-reactive ketones (excluding diaryl/α,β-unsaturated/α-hetero) is 1. The van der Waals surface area contributed by atoms with Gasteiger partial charge in [0.2, 0.25) is 0 Å². The van der Waals surface area contributed by atoms with Crippen molar-refractivity contribution in [3.8, 4) is 0 Å². The minimum atomic E-state index is -0.281. The van der Waals surface area contributed by atoms with Crippen LogP contribution in [0.2, 0.25) is 0 Å². The predicted molar refractivity (Wildman–Crippen MR) is 85.5 cm³/mol. The van der Waals surface area contributed by atoms with Crippen LogP contribution in [0.5, 0.6) is 0 Å². The summed E-state index contributed by atoms with van der Waals surface area (Å²) in [5.74, 6) is -0.469. The van der Waals surface area contributed by atoms with Gasteiger partial charge in [0.25, 0.3) is 5.91 Å². The molecule has 0 heterocycles. The molecular weight excluding hydrogens is 286 g/mol. The van der Waals surface area contributed by atoms with Crippen LogP contribution < -0.4 is 5.32 Å². The molecule has 0 aliphatic heterocycles. The van der Waals surface area contributed by atoms with Crippen LogP contribution in [-0.2, 0) is 4.79 Å². The summed E-state index contributed by atoms with van der Waals surface area (Å²) < 4.78 is 0. The van der Waals surface area contributed by atoms with E-state index in [1.54, 1.807) is 6.07 Å². The quantitative estimate of drug-likeness (QED) is 0.496. The molecule has 2 rings (SSSR count). The summed E-state index contributed by atoms with van der Waals surface area (Å²) in [5, 5.41) is 2.71. The molecule has 1 unspecified atom stereocenters. The van der Waals surface area contributed by atoms with Crippen molar-refractivity contribution in [2.24, 2.45) is 0 Å². The van der Waals surface area contributed by atoms with E-state index in [1.165, 1.54) is 0 Å². The Morgan fingerprint density at radius 1 is 1.29 bits per heavy atom. The van der Waals surface area contributed by atoms with Gasteiger partial charge in [-0.15, -0.1) is 11.6 Å². The largest absolute Gasteiger partial charge is 0.352 e. The SMILES string of the molecule is CCCCNC(=O)C1=C(CC(C)Cl)c2ccccc2C1=O. The Morgan fingerprint density at radius 3 is 2.57 bits per heavy atom. The molecule has 0 aromatic heterocycles. The zero-order chi connectivity index (χ0) is 15.4. The lowest BCUT2D eigenvalue weighted by Gasteiger charge is -2.09. The van der Waals surface area contributed by atoms with Gasteiger partial charge < -0.3 is 5.32 Å². The van der Waals surface area contributed by atoms with Crippen molar-refractivity contribution in [1.82, 2.24) is 5.32 Å². The van der Waals surface area contributed by atoms with Crippen LogP contribution in [0.4, 0.5) is 0 Å².